The first-order valence-electron chi connectivity index (χ1n) is 4.27. The summed E-state index contributed by atoms with van der Waals surface area (Å²) in [5.41, 5.74) is 0. The van der Waals surface area contributed by atoms with Gasteiger partial charge in [-0.2, -0.15) is 0 Å². The normalized spacial score (nSPS) is 43.5. The van der Waals surface area contributed by atoms with Crippen molar-refractivity contribution in [2.45, 2.75) is 30.5 Å². The highest BCUT2D eigenvalue weighted by Gasteiger charge is 2.47. The van der Waals surface area contributed by atoms with Gasteiger partial charge >= 0.3 is 0 Å². The summed E-state index contributed by atoms with van der Waals surface area (Å²) >= 11 is 1.24. The van der Waals surface area contributed by atoms with E-state index in [2.05, 4.69) is 0 Å². The first-order chi connectivity index (χ1) is 6.18. The van der Waals surface area contributed by atoms with Crippen LogP contribution >= 0.6 is 11.8 Å². The Balaban J connectivity index is 1.98. The molecule has 0 aromatic carbocycles. The van der Waals surface area contributed by atoms with Crippen LogP contribution in [-0.2, 0) is 14.3 Å². The van der Waals surface area contributed by atoms with Gasteiger partial charge in [0, 0.05) is 6.92 Å². The lowest BCUT2D eigenvalue weighted by molar-refractivity contribution is -0.109. The van der Waals surface area contributed by atoms with Gasteiger partial charge in [0.05, 0.1) is 18.5 Å². The lowest BCUT2D eigenvalue weighted by atomic mass is 10.1. The van der Waals surface area contributed by atoms with Crippen molar-refractivity contribution in [1.29, 1.82) is 0 Å². The van der Waals surface area contributed by atoms with Crippen LogP contribution < -0.4 is 0 Å². The van der Waals surface area contributed by atoms with Crippen LogP contribution in [0.2, 0.25) is 0 Å². The molecule has 4 atom stereocenters. The van der Waals surface area contributed by atoms with Crippen molar-refractivity contribution in [3.05, 3.63) is 0 Å². The summed E-state index contributed by atoms with van der Waals surface area (Å²) in [6.45, 7) is 2.35. The van der Waals surface area contributed by atoms with Gasteiger partial charge in [-0.1, -0.05) is 11.8 Å². The highest BCUT2D eigenvalue weighted by molar-refractivity contribution is 8.14. The van der Waals surface area contributed by atoms with Crippen LogP contribution in [0.1, 0.15) is 6.92 Å². The maximum atomic E-state index is 10.9. The standard InChI is InChI=1S/C8H12O4S/c1-4(9)13-6-3-12-7-5(10)2-11-8(6)7/h5-8,10H,2-3H2,1H3/t5?,6-,7+,8+/m0/s1. The molecule has 0 aromatic rings. The van der Waals surface area contributed by atoms with Crippen LogP contribution in [0.25, 0.3) is 0 Å². The van der Waals surface area contributed by atoms with Crippen molar-refractivity contribution in [3.8, 4) is 0 Å². The van der Waals surface area contributed by atoms with Crippen LogP contribution in [0.5, 0.6) is 0 Å². The van der Waals surface area contributed by atoms with Crippen LogP contribution in [0, 0.1) is 0 Å². The SMILES string of the molecule is CC(=O)S[C@H]1CO[C@@H]2C(O)CO[C@H]12. The molecule has 0 amide bonds. The van der Waals surface area contributed by atoms with E-state index in [0.29, 0.717) is 13.2 Å². The molecule has 0 aliphatic carbocycles. The van der Waals surface area contributed by atoms with Crippen molar-refractivity contribution < 1.29 is 19.4 Å². The molecule has 0 radical (unpaired) electrons. The summed E-state index contributed by atoms with van der Waals surface area (Å²) in [6.07, 6.45) is -0.858. The molecular weight excluding hydrogens is 192 g/mol. The second-order valence-corrected chi connectivity index (χ2v) is 4.73. The molecule has 2 aliphatic heterocycles. The molecule has 2 fully saturated rings. The van der Waals surface area contributed by atoms with Crippen molar-refractivity contribution in [1.82, 2.24) is 0 Å². The van der Waals surface area contributed by atoms with Crippen LogP contribution in [0.4, 0.5) is 0 Å². The largest absolute Gasteiger partial charge is 0.388 e. The second-order valence-electron chi connectivity index (χ2n) is 3.31. The fourth-order valence-corrected chi connectivity index (χ4v) is 2.70. The zero-order valence-corrected chi connectivity index (χ0v) is 8.12. The maximum absolute atomic E-state index is 10.9. The number of carbonyl (C=O) groups is 1. The molecule has 0 saturated carbocycles. The number of aliphatic hydroxyl groups is 1. The third-order valence-corrected chi connectivity index (χ3v) is 3.34. The molecule has 1 unspecified atom stereocenters. The van der Waals surface area contributed by atoms with E-state index in [-0.39, 0.29) is 22.6 Å². The highest BCUT2D eigenvalue weighted by atomic mass is 32.2. The van der Waals surface area contributed by atoms with Crippen molar-refractivity contribution >= 4 is 16.9 Å². The monoisotopic (exact) mass is 204 g/mol. The lowest BCUT2D eigenvalue weighted by Gasteiger charge is -2.12. The van der Waals surface area contributed by atoms with Gasteiger partial charge in [0.25, 0.3) is 0 Å². The second kappa shape index (κ2) is 3.57. The van der Waals surface area contributed by atoms with Crippen molar-refractivity contribution in [2.75, 3.05) is 13.2 Å². The summed E-state index contributed by atoms with van der Waals surface area (Å²) in [7, 11) is 0. The molecule has 4 nitrogen and oxygen atoms in total. The van der Waals surface area contributed by atoms with E-state index in [4.69, 9.17) is 9.47 Å². The Morgan fingerprint density at radius 3 is 2.77 bits per heavy atom. The van der Waals surface area contributed by atoms with Gasteiger partial charge in [0.1, 0.15) is 18.3 Å². The van der Waals surface area contributed by atoms with Gasteiger partial charge in [0.15, 0.2) is 5.12 Å². The lowest BCUT2D eigenvalue weighted by Crippen LogP contribution is -2.30. The molecule has 2 rings (SSSR count). The Bertz CT molecular complexity index is 220. The van der Waals surface area contributed by atoms with Gasteiger partial charge in [-0.05, 0) is 0 Å². The molecule has 2 heterocycles. The van der Waals surface area contributed by atoms with Gasteiger partial charge in [0.2, 0.25) is 0 Å². The molecule has 1 N–H and O–H groups in total. The van der Waals surface area contributed by atoms with Gasteiger partial charge in [-0.15, -0.1) is 0 Å². The molecule has 5 heteroatoms. The predicted molar refractivity (Wildman–Crippen MR) is 47.5 cm³/mol. The number of hydrogen-bond acceptors (Lipinski definition) is 5. The van der Waals surface area contributed by atoms with Crippen molar-refractivity contribution in [2.24, 2.45) is 0 Å². The Kier molecular flexibility index (Phi) is 2.60. The zero-order chi connectivity index (χ0) is 9.42. The molecule has 0 bridgehead atoms. The van der Waals surface area contributed by atoms with E-state index in [9.17, 15) is 9.90 Å². The number of rotatable bonds is 1. The third-order valence-electron chi connectivity index (χ3n) is 2.30. The minimum absolute atomic E-state index is 0.0552. The zero-order valence-electron chi connectivity index (χ0n) is 7.30. The number of hydrogen-bond donors (Lipinski definition) is 1. The first kappa shape index (κ1) is 9.45. The fraction of sp³-hybridized carbons (Fsp3) is 0.875. The third kappa shape index (κ3) is 1.74. The van der Waals surface area contributed by atoms with E-state index < -0.39 is 6.10 Å². The van der Waals surface area contributed by atoms with Crippen LogP contribution in [0.3, 0.4) is 0 Å². The number of thioether (sulfide) groups is 1. The minimum Gasteiger partial charge on any atom is -0.388 e. The van der Waals surface area contributed by atoms with E-state index in [1.807, 2.05) is 0 Å². The van der Waals surface area contributed by atoms with Gasteiger partial charge in [-0.3, -0.25) is 4.79 Å². The average molecular weight is 204 g/mol. The quantitative estimate of drug-likeness (QED) is 0.640. The van der Waals surface area contributed by atoms with Crippen LogP contribution in [-0.4, -0.2) is 47.0 Å². The Morgan fingerprint density at radius 2 is 2.08 bits per heavy atom. The molecule has 2 aliphatic rings. The summed E-state index contributed by atoms with van der Waals surface area (Å²) in [5.74, 6) is 0. The first-order valence-corrected chi connectivity index (χ1v) is 5.15. The van der Waals surface area contributed by atoms with Crippen molar-refractivity contribution in [3.63, 3.8) is 0 Å². The topological polar surface area (TPSA) is 55.8 Å². The Labute approximate surface area is 80.6 Å². The van der Waals surface area contributed by atoms with E-state index >= 15 is 0 Å². The Morgan fingerprint density at radius 1 is 1.38 bits per heavy atom. The van der Waals surface area contributed by atoms with E-state index in [0.717, 1.165) is 0 Å². The number of carbonyl (C=O) groups excluding carboxylic acids is 1. The predicted octanol–water partition coefficient (Wildman–Crippen LogP) is -0.207. The highest BCUT2D eigenvalue weighted by Crippen LogP contribution is 2.33. The number of ether oxygens (including phenoxy) is 2. The fourth-order valence-electron chi connectivity index (χ4n) is 1.76. The molecular formula is C8H12O4S. The Hall–Kier alpha value is -0.100. The summed E-state index contributed by atoms with van der Waals surface area (Å²) in [5, 5.41) is 9.53. The number of aliphatic hydroxyl groups excluding tert-OH is 1. The molecule has 13 heavy (non-hydrogen) atoms. The summed E-state index contributed by atoms with van der Waals surface area (Å²) in [6, 6.07) is 0. The molecule has 0 spiro atoms. The minimum atomic E-state index is -0.525. The molecule has 2 saturated heterocycles. The molecule has 74 valence electrons. The maximum Gasteiger partial charge on any atom is 0.186 e. The smallest absolute Gasteiger partial charge is 0.186 e. The summed E-state index contributed by atoms with van der Waals surface area (Å²) < 4.78 is 10.7. The van der Waals surface area contributed by atoms with Gasteiger partial charge in [-0.25, -0.2) is 0 Å². The van der Waals surface area contributed by atoms with Gasteiger partial charge < -0.3 is 14.6 Å². The van der Waals surface area contributed by atoms with E-state index in [1.165, 1.54) is 18.7 Å². The van der Waals surface area contributed by atoms with Crippen LogP contribution in [0.15, 0.2) is 0 Å². The number of fused-ring (bicyclic) bond motifs is 1. The average Bonchev–Trinajstić information content (AvgIpc) is 2.56. The van der Waals surface area contributed by atoms with E-state index in [1.54, 1.807) is 0 Å². The summed E-state index contributed by atoms with van der Waals surface area (Å²) in [4.78, 5) is 10.9. The molecule has 0 aromatic heterocycles.